The molecule has 0 saturated heterocycles. The third-order valence-electron chi connectivity index (χ3n) is 2.93. The summed E-state index contributed by atoms with van der Waals surface area (Å²) < 4.78 is 6.23. The molecule has 4 nitrogen and oxygen atoms in total. The molecule has 2 heterocycles. The zero-order valence-corrected chi connectivity index (χ0v) is 10.8. The van der Waals surface area contributed by atoms with Gasteiger partial charge in [-0.25, -0.2) is 0 Å². The maximum Gasteiger partial charge on any atom is 0.269 e. The van der Waals surface area contributed by atoms with Crippen LogP contribution in [-0.2, 0) is 5.54 Å². The van der Waals surface area contributed by atoms with E-state index >= 15 is 0 Å². The van der Waals surface area contributed by atoms with Crippen molar-refractivity contribution in [3.8, 4) is 10.8 Å². The normalized spacial score (nSPS) is 18.4. The van der Waals surface area contributed by atoms with Crippen molar-refractivity contribution in [1.82, 2.24) is 10.1 Å². The fourth-order valence-corrected chi connectivity index (χ4v) is 3.21. The summed E-state index contributed by atoms with van der Waals surface area (Å²) in [7, 11) is 0. The van der Waals surface area contributed by atoms with Gasteiger partial charge in [0.2, 0.25) is 0 Å². The zero-order valence-electron chi connectivity index (χ0n) is 8.44. The van der Waals surface area contributed by atoms with Crippen molar-refractivity contribution in [2.24, 2.45) is 5.73 Å². The van der Waals surface area contributed by atoms with Crippen molar-refractivity contribution in [2.45, 2.75) is 24.8 Å². The predicted octanol–water partition coefficient (Wildman–Crippen LogP) is 2.90. The lowest BCUT2D eigenvalue weighted by Gasteiger charge is -2.34. The summed E-state index contributed by atoms with van der Waals surface area (Å²) in [5, 5.41) is 5.96. The molecule has 0 aliphatic heterocycles. The molecule has 1 saturated carbocycles. The first kappa shape index (κ1) is 10.4. The lowest BCUT2D eigenvalue weighted by Crippen LogP contribution is -2.44. The van der Waals surface area contributed by atoms with E-state index in [0.717, 1.165) is 28.6 Å². The highest BCUT2D eigenvalue weighted by Crippen LogP contribution is 2.39. The van der Waals surface area contributed by atoms with Gasteiger partial charge in [-0.15, -0.1) is 11.3 Å². The molecule has 0 amide bonds. The minimum Gasteiger partial charge on any atom is -0.333 e. The molecule has 16 heavy (non-hydrogen) atoms. The van der Waals surface area contributed by atoms with Gasteiger partial charge in [-0.05, 0) is 46.6 Å². The quantitative estimate of drug-likeness (QED) is 0.926. The summed E-state index contributed by atoms with van der Waals surface area (Å²) >= 11 is 5.01. The molecule has 0 spiro atoms. The molecule has 6 heteroatoms. The summed E-state index contributed by atoms with van der Waals surface area (Å²) in [6.07, 6.45) is 3.03. The second kappa shape index (κ2) is 3.65. The maximum atomic E-state index is 6.14. The van der Waals surface area contributed by atoms with Crippen molar-refractivity contribution < 1.29 is 4.52 Å². The SMILES string of the molecule is NC1(c2noc(-c3sccc3Br)n2)CCC1. The third kappa shape index (κ3) is 1.52. The molecule has 0 radical (unpaired) electrons. The van der Waals surface area contributed by atoms with Gasteiger partial charge in [0.25, 0.3) is 5.89 Å². The van der Waals surface area contributed by atoms with E-state index in [1.807, 2.05) is 11.4 Å². The van der Waals surface area contributed by atoms with E-state index in [1.165, 1.54) is 0 Å². The van der Waals surface area contributed by atoms with Crippen molar-refractivity contribution in [2.75, 3.05) is 0 Å². The number of thiophene rings is 1. The maximum absolute atomic E-state index is 6.14. The lowest BCUT2D eigenvalue weighted by molar-refractivity contribution is 0.229. The van der Waals surface area contributed by atoms with Gasteiger partial charge in [0, 0.05) is 4.47 Å². The van der Waals surface area contributed by atoms with Gasteiger partial charge in [0.05, 0.1) is 5.54 Å². The van der Waals surface area contributed by atoms with Gasteiger partial charge in [-0.3, -0.25) is 0 Å². The Balaban J connectivity index is 1.97. The highest BCUT2D eigenvalue weighted by Gasteiger charge is 2.39. The van der Waals surface area contributed by atoms with Gasteiger partial charge in [-0.1, -0.05) is 5.16 Å². The van der Waals surface area contributed by atoms with Crippen molar-refractivity contribution in [1.29, 1.82) is 0 Å². The average Bonchev–Trinajstić information content (AvgIpc) is 2.82. The van der Waals surface area contributed by atoms with Gasteiger partial charge >= 0.3 is 0 Å². The monoisotopic (exact) mass is 299 g/mol. The Morgan fingerprint density at radius 2 is 2.31 bits per heavy atom. The highest BCUT2D eigenvalue weighted by molar-refractivity contribution is 9.10. The molecule has 3 rings (SSSR count). The number of nitrogens with zero attached hydrogens (tertiary/aromatic N) is 2. The van der Waals surface area contributed by atoms with Crippen LogP contribution in [-0.4, -0.2) is 10.1 Å². The fraction of sp³-hybridized carbons (Fsp3) is 0.400. The van der Waals surface area contributed by atoms with Crippen LogP contribution in [0.15, 0.2) is 20.4 Å². The number of aromatic nitrogens is 2. The van der Waals surface area contributed by atoms with Crippen LogP contribution in [0.5, 0.6) is 0 Å². The Hall–Kier alpha value is -0.720. The minimum atomic E-state index is -0.356. The van der Waals surface area contributed by atoms with Crippen LogP contribution in [0.4, 0.5) is 0 Å². The molecular weight excluding hydrogens is 290 g/mol. The largest absolute Gasteiger partial charge is 0.333 e. The van der Waals surface area contributed by atoms with Crippen LogP contribution < -0.4 is 5.73 Å². The molecule has 2 aromatic heterocycles. The number of rotatable bonds is 2. The molecule has 2 N–H and O–H groups in total. The number of hydrogen-bond acceptors (Lipinski definition) is 5. The topological polar surface area (TPSA) is 64.9 Å². The van der Waals surface area contributed by atoms with E-state index in [0.29, 0.717) is 11.7 Å². The van der Waals surface area contributed by atoms with Crippen LogP contribution >= 0.6 is 27.3 Å². The third-order valence-corrected chi connectivity index (χ3v) is 4.75. The molecule has 84 valence electrons. The first-order valence-electron chi connectivity index (χ1n) is 5.05. The molecule has 0 unspecified atom stereocenters. The molecule has 0 bridgehead atoms. The second-order valence-electron chi connectivity index (χ2n) is 4.03. The van der Waals surface area contributed by atoms with Crippen LogP contribution in [0.25, 0.3) is 10.8 Å². The van der Waals surface area contributed by atoms with Gasteiger partial charge in [-0.2, -0.15) is 4.98 Å². The van der Waals surface area contributed by atoms with E-state index in [1.54, 1.807) is 11.3 Å². The summed E-state index contributed by atoms with van der Waals surface area (Å²) in [5.74, 6) is 1.18. The van der Waals surface area contributed by atoms with E-state index < -0.39 is 0 Å². The van der Waals surface area contributed by atoms with Gasteiger partial charge < -0.3 is 10.3 Å². The summed E-state index contributed by atoms with van der Waals surface area (Å²) in [4.78, 5) is 5.34. The first-order valence-corrected chi connectivity index (χ1v) is 6.73. The van der Waals surface area contributed by atoms with Crippen LogP contribution in [0, 0.1) is 0 Å². The smallest absolute Gasteiger partial charge is 0.269 e. The van der Waals surface area contributed by atoms with Gasteiger partial charge in [0.1, 0.15) is 4.88 Å². The van der Waals surface area contributed by atoms with Crippen LogP contribution in [0.1, 0.15) is 25.1 Å². The average molecular weight is 300 g/mol. The Labute approximate surface area is 105 Å². The predicted molar refractivity (Wildman–Crippen MR) is 65.0 cm³/mol. The van der Waals surface area contributed by atoms with Crippen molar-refractivity contribution >= 4 is 27.3 Å². The fourth-order valence-electron chi connectivity index (χ4n) is 1.75. The molecule has 2 aromatic rings. The summed E-state index contributed by atoms with van der Waals surface area (Å²) in [5.41, 5.74) is 5.78. The van der Waals surface area contributed by atoms with Gasteiger partial charge in [0.15, 0.2) is 5.82 Å². The molecule has 0 aromatic carbocycles. The molecule has 0 atom stereocenters. The molecular formula is C10H10BrN3OS. The van der Waals surface area contributed by atoms with E-state index in [2.05, 4.69) is 26.1 Å². The van der Waals surface area contributed by atoms with Crippen LogP contribution in [0.3, 0.4) is 0 Å². The lowest BCUT2D eigenvalue weighted by atomic mass is 9.77. The van der Waals surface area contributed by atoms with Crippen molar-refractivity contribution in [3.63, 3.8) is 0 Å². The standard InChI is InChI=1S/C10H10BrN3OS/c11-6-2-5-16-7(6)8-13-9(14-15-8)10(12)3-1-4-10/h2,5H,1,3-4,12H2. The van der Waals surface area contributed by atoms with E-state index in [-0.39, 0.29) is 5.54 Å². The highest BCUT2D eigenvalue weighted by atomic mass is 79.9. The Kier molecular flexibility index (Phi) is 2.38. The first-order chi connectivity index (χ1) is 7.69. The molecule has 1 aliphatic rings. The Morgan fingerprint density at radius 3 is 2.88 bits per heavy atom. The van der Waals surface area contributed by atoms with E-state index in [9.17, 15) is 0 Å². The number of hydrogen-bond donors (Lipinski definition) is 1. The molecule has 1 fully saturated rings. The van der Waals surface area contributed by atoms with E-state index in [4.69, 9.17) is 10.3 Å². The Bertz CT molecular complexity index is 518. The summed E-state index contributed by atoms with van der Waals surface area (Å²) in [6.45, 7) is 0. The minimum absolute atomic E-state index is 0.356. The summed E-state index contributed by atoms with van der Waals surface area (Å²) in [6, 6.07) is 1.96. The number of halogens is 1. The zero-order chi connectivity index (χ0) is 11.2. The van der Waals surface area contributed by atoms with Crippen molar-refractivity contribution in [3.05, 3.63) is 21.7 Å². The second-order valence-corrected chi connectivity index (χ2v) is 5.80. The number of nitrogens with two attached hydrogens (primary N) is 1. The molecule has 1 aliphatic carbocycles. The van der Waals surface area contributed by atoms with Crippen LogP contribution in [0.2, 0.25) is 0 Å². The Morgan fingerprint density at radius 1 is 1.50 bits per heavy atom.